The van der Waals surface area contributed by atoms with Crippen LogP contribution in [0.25, 0.3) is 0 Å². The average Bonchev–Trinajstić information content (AvgIpc) is 3.14. The van der Waals surface area contributed by atoms with E-state index in [1.165, 1.54) is 141 Å². The molecule has 1 N–H and O–H groups in total. The molecule has 53 heavy (non-hydrogen) atoms. The summed E-state index contributed by atoms with van der Waals surface area (Å²) in [5.74, 6) is 0.508. The summed E-state index contributed by atoms with van der Waals surface area (Å²) in [5.41, 5.74) is 0.0174. The predicted molar refractivity (Wildman–Crippen MR) is 227 cm³/mol. The Hall–Kier alpha value is -1.14. The van der Waals surface area contributed by atoms with Gasteiger partial charge in [-0.05, 0) is 69.4 Å². The third-order valence-electron chi connectivity index (χ3n) is 11.1. The van der Waals surface area contributed by atoms with E-state index in [0.717, 1.165) is 71.0 Å². The summed E-state index contributed by atoms with van der Waals surface area (Å²) in [7, 11) is 0. The molecule has 0 aliphatic rings. The number of carbonyl (C=O) groups excluding carboxylic acids is 2. The van der Waals surface area contributed by atoms with Crippen molar-refractivity contribution in [2.24, 2.45) is 11.3 Å². The fourth-order valence-corrected chi connectivity index (χ4v) is 7.39. The first-order chi connectivity index (χ1) is 25.8. The number of aliphatic hydroxyl groups excluding tert-OH is 1. The lowest BCUT2D eigenvalue weighted by Gasteiger charge is -2.25. The van der Waals surface area contributed by atoms with Crippen molar-refractivity contribution >= 4 is 11.9 Å². The van der Waals surface area contributed by atoms with Gasteiger partial charge in [0, 0.05) is 19.4 Å². The molecule has 0 aromatic heterocycles. The van der Waals surface area contributed by atoms with Crippen LogP contribution >= 0.6 is 0 Å². The van der Waals surface area contributed by atoms with Crippen molar-refractivity contribution in [3.05, 3.63) is 0 Å². The maximum Gasteiger partial charge on any atom is 0.305 e. The van der Waals surface area contributed by atoms with E-state index in [-0.39, 0.29) is 24.0 Å². The fourth-order valence-electron chi connectivity index (χ4n) is 7.39. The van der Waals surface area contributed by atoms with Gasteiger partial charge in [-0.1, -0.05) is 182 Å². The molecule has 0 unspecified atom stereocenters. The number of hydrogen-bond acceptors (Lipinski definition) is 6. The van der Waals surface area contributed by atoms with Crippen LogP contribution in [0.15, 0.2) is 0 Å². The number of hydrogen-bond donors (Lipinski definition) is 1. The molecule has 0 fully saturated rings. The molecule has 0 amide bonds. The number of aliphatic hydroxyl groups is 1. The van der Waals surface area contributed by atoms with Gasteiger partial charge in [0.05, 0.1) is 19.8 Å². The lowest BCUT2D eigenvalue weighted by molar-refractivity contribution is -0.147. The summed E-state index contributed by atoms with van der Waals surface area (Å²) in [5, 5.41) is 9.60. The van der Waals surface area contributed by atoms with Gasteiger partial charge >= 0.3 is 11.9 Å². The van der Waals surface area contributed by atoms with E-state index in [1.807, 2.05) is 0 Å². The third-order valence-corrected chi connectivity index (χ3v) is 11.1. The van der Waals surface area contributed by atoms with E-state index in [0.29, 0.717) is 32.0 Å². The minimum absolute atomic E-state index is 0.00274. The van der Waals surface area contributed by atoms with E-state index in [2.05, 4.69) is 39.5 Å². The largest absolute Gasteiger partial charge is 0.465 e. The highest BCUT2D eigenvalue weighted by atomic mass is 16.5. The number of esters is 2. The molecule has 0 heterocycles. The fraction of sp³-hybridized carbons (Fsp3) is 0.957. The molecule has 0 aromatic rings. The lowest BCUT2D eigenvalue weighted by Crippen LogP contribution is -2.29. The van der Waals surface area contributed by atoms with Gasteiger partial charge in [-0.15, -0.1) is 0 Å². The van der Waals surface area contributed by atoms with Crippen LogP contribution in [0, 0.1) is 11.3 Å². The zero-order valence-electron chi connectivity index (χ0n) is 36.5. The maximum absolute atomic E-state index is 12.5. The molecule has 0 rings (SSSR count). The van der Waals surface area contributed by atoms with Gasteiger partial charge in [-0.25, -0.2) is 0 Å². The Kier molecular flexibility index (Phi) is 38.3. The van der Waals surface area contributed by atoms with E-state index < -0.39 is 0 Å². The molecule has 0 atom stereocenters. The van der Waals surface area contributed by atoms with Crippen molar-refractivity contribution in [2.45, 2.75) is 240 Å². The number of rotatable bonds is 42. The minimum Gasteiger partial charge on any atom is -0.465 e. The van der Waals surface area contributed by atoms with Crippen LogP contribution in [0.4, 0.5) is 0 Å². The molecule has 0 bridgehead atoms. The standard InChI is InChI=1S/C47H93NO5/c1-6-9-12-15-16-17-22-29-36-46(51)53-43-47(4,5)37-30-25-32-39-48(40-41-49)38-31-24-19-18-23-28-35-45(50)52-42-44(33-26-20-13-10-7-2)34-27-21-14-11-8-3/h44,49H,6-43H2,1-5H3. The van der Waals surface area contributed by atoms with Crippen LogP contribution in [0.3, 0.4) is 0 Å². The van der Waals surface area contributed by atoms with Gasteiger partial charge in [0.2, 0.25) is 0 Å². The molecule has 0 saturated heterocycles. The Balaban J connectivity index is 3.98. The highest BCUT2D eigenvalue weighted by Crippen LogP contribution is 2.25. The Morgan fingerprint density at radius 2 is 0.906 bits per heavy atom. The summed E-state index contributed by atoms with van der Waals surface area (Å²) in [6.45, 7) is 15.4. The molecule has 0 aromatic carbocycles. The molecule has 6 nitrogen and oxygen atoms in total. The summed E-state index contributed by atoms with van der Waals surface area (Å²) in [6, 6.07) is 0. The lowest BCUT2D eigenvalue weighted by atomic mass is 9.88. The first-order valence-corrected chi connectivity index (χ1v) is 23.4. The average molecular weight is 752 g/mol. The van der Waals surface area contributed by atoms with Crippen molar-refractivity contribution in [3.8, 4) is 0 Å². The van der Waals surface area contributed by atoms with Crippen molar-refractivity contribution in [1.82, 2.24) is 4.90 Å². The van der Waals surface area contributed by atoms with Crippen LogP contribution in [0.5, 0.6) is 0 Å². The van der Waals surface area contributed by atoms with Crippen LogP contribution < -0.4 is 0 Å². The number of nitrogens with zero attached hydrogens (tertiary/aromatic N) is 1. The topological polar surface area (TPSA) is 76.1 Å². The normalized spacial score (nSPS) is 11.9. The SMILES string of the molecule is CCCCCCCCCCC(=O)OCC(C)(C)CCCCCN(CCO)CCCCCCCCC(=O)OCC(CCCCCCC)CCCCCCC. The molecule has 316 valence electrons. The molecular formula is C47H93NO5. The van der Waals surface area contributed by atoms with Crippen LogP contribution in [-0.2, 0) is 19.1 Å². The Morgan fingerprint density at radius 1 is 0.509 bits per heavy atom. The first kappa shape index (κ1) is 51.9. The molecular weight excluding hydrogens is 659 g/mol. The van der Waals surface area contributed by atoms with Crippen molar-refractivity contribution in [1.29, 1.82) is 0 Å². The van der Waals surface area contributed by atoms with Crippen LogP contribution in [-0.4, -0.2) is 61.4 Å². The van der Waals surface area contributed by atoms with Gasteiger partial charge in [-0.2, -0.15) is 0 Å². The Morgan fingerprint density at radius 3 is 1.38 bits per heavy atom. The molecule has 0 radical (unpaired) electrons. The Bertz CT molecular complexity index is 773. The molecule has 0 aliphatic heterocycles. The number of ether oxygens (including phenoxy) is 2. The van der Waals surface area contributed by atoms with E-state index in [9.17, 15) is 14.7 Å². The second kappa shape index (κ2) is 39.1. The zero-order chi connectivity index (χ0) is 39.1. The number of carbonyl (C=O) groups is 2. The molecule has 0 saturated carbocycles. The molecule has 6 heteroatoms. The summed E-state index contributed by atoms with van der Waals surface area (Å²) < 4.78 is 11.4. The molecule has 0 aliphatic carbocycles. The first-order valence-electron chi connectivity index (χ1n) is 23.4. The van der Waals surface area contributed by atoms with Crippen LogP contribution in [0.2, 0.25) is 0 Å². The zero-order valence-corrected chi connectivity index (χ0v) is 36.5. The van der Waals surface area contributed by atoms with E-state index in [4.69, 9.17) is 9.47 Å². The van der Waals surface area contributed by atoms with Gasteiger partial charge in [0.1, 0.15) is 0 Å². The second-order valence-corrected chi connectivity index (χ2v) is 17.3. The second-order valence-electron chi connectivity index (χ2n) is 17.3. The van der Waals surface area contributed by atoms with E-state index in [1.54, 1.807) is 0 Å². The van der Waals surface area contributed by atoms with E-state index >= 15 is 0 Å². The summed E-state index contributed by atoms with van der Waals surface area (Å²) >= 11 is 0. The van der Waals surface area contributed by atoms with Gasteiger partial charge in [0.25, 0.3) is 0 Å². The monoisotopic (exact) mass is 752 g/mol. The highest BCUT2D eigenvalue weighted by molar-refractivity contribution is 5.69. The van der Waals surface area contributed by atoms with Gasteiger partial charge < -0.3 is 19.5 Å². The predicted octanol–water partition coefficient (Wildman–Crippen LogP) is 13.6. The van der Waals surface area contributed by atoms with Gasteiger partial charge in [0.15, 0.2) is 0 Å². The maximum atomic E-state index is 12.5. The van der Waals surface area contributed by atoms with Crippen molar-refractivity contribution in [2.75, 3.05) is 39.5 Å². The summed E-state index contributed by atoms with van der Waals surface area (Å²) in [4.78, 5) is 27.1. The van der Waals surface area contributed by atoms with Crippen molar-refractivity contribution in [3.63, 3.8) is 0 Å². The van der Waals surface area contributed by atoms with Crippen molar-refractivity contribution < 1.29 is 24.2 Å². The molecule has 0 spiro atoms. The third kappa shape index (κ3) is 37.6. The summed E-state index contributed by atoms with van der Waals surface area (Å²) in [6.07, 6.45) is 37.8. The highest BCUT2D eigenvalue weighted by Gasteiger charge is 2.20. The minimum atomic E-state index is -0.0330. The smallest absolute Gasteiger partial charge is 0.305 e. The number of unbranched alkanes of at least 4 members (excludes halogenated alkanes) is 22. The quantitative estimate of drug-likeness (QED) is 0.0494. The Labute approximate surface area is 331 Å². The van der Waals surface area contributed by atoms with Gasteiger partial charge in [-0.3, -0.25) is 9.59 Å². The van der Waals surface area contributed by atoms with Crippen LogP contribution in [0.1, 0.15) is 240 Å².